The minimum atomic E-state index is -0.922. The van der Waals surface area contributed by atoms with E-state index in [4.69, 9.17) is 22.2 Å². The molecule has 2 amide bonds. The fraction of sp³-hybridized carbons (Fsp3) is 0.147. The number of guanidine groups is 1. The molecule has 0 spiro atoms. The number of imide groups is 1. The van der Waals surface area contributed by atoms with Crippen LogP contribution in [0.15, 0.2) is 119 Å². The van der Waals surface area contributed by atoms with Crippen molar-refractivity contribution in [1.82, 2.24) is 0 Å². The number of amides is 2. The molecule has 0 saturated carbocycles. The first kappa shape index (κ1) is 29.1. The van der Waals surface area contributed by atoms with Gasteiger partial charge in [-0.05, 0) is 78.9 Å². The van der Waals surface area contributed by atoms with Gasteiger partial charge >= 0.3 is 5.84 Å². The molecule has 0 fully saturated rings. The summed E-state index contributed by atoms with van der Waals surface area (Å²) in [6.45, 7) is 2.43. The molecule has 0 unspecified atom stereocenters. The quantitative estimate of drug-likeness (QED) is 0.120. The number of hydrogen-bond acceptors (Lipinski definition) is 5. The topological polar surface area (TPSA) is 144 Å². The number of nitrogens with two attached hydrogens (primary N) is 3. The Labute approximate surface area is 250 Å². The van der Waals surface area contributed by atoms with E-state index in [1.54, 1.807) is 48.5 Å². The molecular weight excluding hydrogens is 538 g/mol. The molecule has 1 atom stereocenters. The van der Waals surface area contributed by atoms with Crippen molar-refractivity contribution in [2.24, 2.45) is 27.2 Å². The summed E-state index contributed by atoms with van der Waals surface area (Å²) in [6, 6.07) is 31.0. The third kappa shape index (κ3) is 6.42. The second-order valence-electron chi connectivity index (χ2n) is 10.2. The molecule has 2 heterocycles. The van der Waals surface area contributed by atoms with E-state index >= 15 is 0 Å². The Balaban J connectivity index is 1.48. The number of allylic oxidation sites excluding steroid dienone is 2. The summed E-state index contributed by atoms with van der Waals surface area (Å²) < 4.78 is 2.07. The van der Waals surface area contributed by atoms with Gasteiger partial charge in [-0.1, -0.05) is 54.6 Å². The first-order valence-corrected chi connectivity index (χ1v) is 14.1. The zero-order chi connectivity index (χ0) is 30.3. The average Bonchev–Trinajstić information content (AvgIpc) is 3.31. The van der Waals surface area contributed by atoms with Gasteiger partial charge in [0, 0.05) is 17.7 Å². The second kappa shape index (κ2) is 13.1. The molecule has 3 aromatic carbocycles. The van der Waals surface area contributed by atoms with Crippen LogP contribution in [-0.4, -0.2) is 36.2 Å². The number of nitrogens with zero attached hydrogens (tertiary/aromatic N) is 4. The maximum Gasteiger partial charge on any atom is 0.337 e. The lowest BCUT2D eigenvalue weighted by Gasteiger charge is -2.24. The van der Waals surface area contributed by atoms with E-state index in [0.717, 1.165) is 33.1 Å². The Morgan fingerprint density at radius 1 is 0.860 bits per heavy atom. The van der Waals surface area contributed by atoms with Crippen molar-refractivity contribution in [2.75, 3.05) is 11.4 Å². The van der Waals surface area contributed by atoms with Crippen molar-refractivity contribution in [1.29, 1.82) is 0 Å². The molecule has 1 aliphatic heterocycles. The molecule has 0 radical (unpaired) electrons. The largest absolute Gasteiger partial charge is 0.370 e. The maximum atomic E-state index is 13.6. The molecule has 43 heavy (non-hydrogen) atoms. The van der Waals surface area contributed by atoms with Gasteiger partial charge in [-0.3, -0.25) is 14.6 Å². The molecular formula is C34H34N7O2+. The molecule has 4 aromatic rings. The molecule has 0 bridgehead atoms. The Bertz CT molecular complexity index is 1710. The SMILES string of the molecule is CC1=C(c2ccccc2)C(=Nc2ccc(N(C(=O)c3ccccc3)C(=O)[C@@H](N)CCCN=C(N)N)cc2)[n+]2ccccc21. The Morgan fingerprint density at radius 2 is 1.51 bits per heavy atom. The zero-order valence-electron chi connectivity index (χ0n) is 23.9. The summed E-state index contributed by atoms with van der Waals surface area (Å²) in [7, 11) is 0. The minimum Gasteiger partial charge on any atom is -0.370 e. The lowest BCUT2D eigenvalue weighted by molar-refractivity contribution is -0.553. The van der Waals surface area contributed by atoms with E-state index in [1.165, 1.54) is 0 Å². The average molecular weight is 573 g/mol. The highest BCUT2D eigenvalue weighted by Gasteiger charge is 2.34. The molecule has 9 heteroatoms. The number of carbonyl (C=O) groups is 2. The number of aliphatic imine (C=N–C) groups is 2. The summed E-state index contributed by atoms with van der Waals surface area (Å²) in [6.07, 6.45) is 2.80. The van der Waals surface area contributed by atoms with Gasteiger partial charge in [0.05, 0.1) is 23.5 Å². The molecule has 5 rings (SSSR count). The molecule has 216 valence electrons. The molecule has 6 N–H and O–H groups in total. The van der Waals surface area contributed by atoms with E-state index in [1.807, 2.05) is 42.6 Å². The number of benzene rings is 3. The van der Waals surface area contributed by atoms with E-state index in [9.17, 15) is 9.59 Å². The minimum absolute atomic E-state index is 0.0227. The van der Waals surface area contributed by atoms with Crippen molar-refractivity contribution in [2.45, 2.75) is 25.8 Å². The summed E-state index contributed by atoms with van der Waals surface area (Å²) >= 11 is 0. The number of carbonyl (C=O) groups excluding carboxylic acids is 2. The maximum absolute atomic E-state index is 13.6. The van der Waals surface area contributed by atoms with E-state index in [-0.39, 0.29) is 5.96 Å². The number of pyridine rings is 1. The van der Waals surface area contributed by atoms with Gasteiger partial charge in [-0.15, -0.1) is 0 Å². The van der Waals surface area contributed by atoms with Crippen molar-refractivity contribution >= 4 is 46.1 Å². The standard InChI is InChI=1S/C34H34N7O2/c1-23-29-16-8-9-22-40(29)31(30(23)24-11-4-2-5-12-24)39-26-17-19-27(20-18-26)41(32(42)25-13-6-3-7-14-25)33(43)28(35)15-10-21-38-34(36)37/h2-9,11-14,16-20,22,28H,10,15,21,35H2,1H3,(H4,36,37,38)/q+1/t28-/m0/s1. The number of hydrogen-bond donors (Lipinski definition) is 3. The van der Waals surface area contributed by atoms with Gasteiger partial charge in [0.1, 0.15) is 5.69 Å². The Hall–Kier alpha value is -5.41. The van der Waals surface area contributed by atoms with Crippen molar-refractivity contribution in [3.63, 3.8) is 0 Å². The van der Waals surface area contributed by atoms with Crippen LogP contribution in [0.5, 0.6) is 0 Å². The lowest BCUT2D eigenvalue weighted by Crippen LogP contribution is -2.47. The van der Waals surface area contributed by atoms with Gasteiger partial charge < -0.3 is 17.2 Å². The summed E-state index contributed by atoms with van der Waals surface area (Å²) in [5.74, 6) is -0.203. The van der Waals surface area contributed by atoms with Gasteiger partial charge in [-0.2, -0.15) is 4.57 Å². The van der Waals surface area contributed by atoms with Gasteiger partial charge in [-0.25, -0.2) is 4.90 Å². The van der Waals surface area contributed by atoms with E-state index in [0.29, 0.717) is 36.3 Å². The van der Waals surface area contributed by atoms with Crippen LogP contribution in [0, 0.1) is 0 Å². The molecule has 9 nitrogen and oxygen atoms in total. The van der Waals surface area contributed by atoms with Crippen LogP contribution in [0.25, 0.3) is 11.1 Å². The predicted molar refractivity (Wildman–Crippen MR) is 171 cm³/mol. The molecule has 1 aliphatic rings. The van der Waals surface area contributed by atoms with Gasteiger partial charge in [0.25, 0.3) is 11.8 Å². The summed E-state index contributed by atoms with van der Waals surface area (Å²) in [5.41, 5.74) is 22.8. The lowest BCUT2D eigenvalue weighted by atomic mass is 10.0. The van der Waals surface area contributed by atoms with Crippen LogP contribution < -0.4 is 26.7 Å². The number of fused-ring (bicyclic) bond motifs is 1. The van der Waals surface area contributed by atoms with Crippen LogP contribution in [0.1, 0.15) is 41.4 Å². The van der Waals surface area contributed by atoms with Crippen LogP contribution in [0.3, 0.4) is 0 Å². The highest BCUT2D eigenvalue weighted by molar-refractivity contribution is 6.28. The van der Waals surface area contributed by atoms with Crippen LogP contribution in [0.2, 0.25) is 0 Å². The second-order valence-corrected chi connectivity index (χ2v) is 10.2. The predicted octanol–water partition coefficient (Wildman–Crippen LogP) is 4.05. The Morgan fingerprint density at radius 3 is 2.19 bits per heavy atom. The smallest absolute Gasteiger partial charge is 0.337 e. The van der Waals surface area contributed by atoms with Crippen LogP contribution >= 0.6 is 0 Å². The van der Waals surface area contributed by atoms with Crippen LogP contribution in [-0.2, 0) is 4.79 Å². The van der Waals surface area contributed by atoms with E-state index < -0.39 is 17.9 Å². The fourth-order valence-corrected chi connectivity index (χ4v) is 5.07. The van der Waals surface area contributed by atoms with Crippen molar-refractivity contribution in [3.8, 4) is 0 Å². The highest BCUT2D eigenvalue weighted by atomic mass is 16.2. The summed E-state index contributed by atoms with van der Waals surface area (Å²) in [4.78, 5) is 37.3. The molecule has 0 aliphatic carbocycles. The number of aromatic nitrogens is 1. The molecule has 1 aromatic heterocycles. The Kier molecular flexibility index (Phi) is 8.83. The zero-order valence-corrected chi connectivity index (χ0v) is 23.9. The third-order valence-electron chi connectivity index (χ3n) is 7.21. The summed E-state index contributed by atoms with van der Waals surface area (Å²) in [5, 5.41) is 0. The molecule has 0 saturated heterocycles. The van der Waals surface area contributed by atoms with Crippen molar-refractivity contribution < 1.29 is 14.2 Å². The fourth-order valence-electron chi connectivity index (χ4n) is 5.07. The number of rotatable bonds is 9. The number of anilines is 1. The monoisotopic (exact) mass is 572 g/mol. The van der Waals surface area contributed by atoms with Gasteiger partial charge in [0.15, 0.2) is 11.6 Å². The normalized spacial score (nSPS) is 13.9. The van der Waals surface area contributed by atoms with E-state index in [2.05, 4.69) is 34.7 Å². The van der Waals surface area contributed by atoms with Gasteiger partial charge in [0.2, 0.25) is 0 Å². The third-order valence-corrected chi connectivity index (χ3v) is 7.21. The first-order valence-electron chi connectivity index (χ1n) is 14.1. The first-order chi connectivity index (χ1) is 20.8. The highest BCUT2D eigenvalue weighted by Crippen LogP contribution is 2.32. The van der Waals surface area contributed by atoms with Crippen molar-refractivity contribution in [3.05, 3.63) is 126 Å². The van der Waals surface area contributed by atoms with Crippen LogP contribution in [0.4, 0.5) is 11.4 Å².